The number of hydrogen-bond donors (Lipinski definition) is 1. The number of terminal acetylenes is 1. The Hall–Kier alpha value is -0.480. The molecule has 1 aliphatic carbocycles. The molecule has 0 heterocycles. The maximum absolute atomic E-state index is 6.05. The summed E-state index contributed by atoms with van der Waals surface area (Å²) in [6.45, 7) is 0. The Bertz CT molecular complexity index is 157. The van der Waals surface area contributed by atoms with Crippen LogP contribution in [0.25, 0.3) is 0 Å². The predicted molar refractivity (Wildman–Crippen MR) is 52.6 cm³/mol. The van der Waals surface area contributed by atoms with E-state index < -0.39 is 0 Å². The summed E-state index contributed by atoms with van der Waals surface area (Å²) in [7, 11) is 0. The molecule has 1 fully saturated rings. The van der Waals surface area contributed by atoms with Gasteiger partial charge in [-0.25, -0.2) is 0 Å². The molecule has 0 radical (unpaired) electrons. The van der Waals surface area contributed by atoms with Crippen molar-refractivity contribution < 1.29 is 0 Å². The van der Waals surface area contributed by atoms with Crippen molar-refractivity contribution in [1.82, 2.24) is 0 Å². The molecule has 0 spiro atoms. The van der Waals surface area contributed by atoms with Gasteiger partial charge in [0.05, 0.1) is 0 Å². The van der Waals surface area contributed by atoms with E-state index in [1.54, 1.807) is 0 Å². The van der Waals surface area contributed by atoms with Gasteiger partial charge in [0.25, 0.3) is 0 Å². The molecule has 1 rings (SSSR count). The molecular formula is C11H19N. The van der Waals surface area contributed by atoms with E-state index in [1.165, 1.54) is 32.1 Å². The van der Waals surface area contributed by atoms with Gasteiger partial charge in [0.15, 0.2) is 0 Å². The fraction of sp³-hybridized carbons (Fsp3) is 0.818. The summed E-state index contributed by atoms with van der Waals surface area (Å²) >= 11 is 0. The summed E-state index contributed by atoms with van der Waals surface area (Å²) in [6.07, 6.45) is 13.8. The molecule has 1 aliphatic rings. The molecule has 2 unspecified atom stereocenters. The molecule has 2 N–H and O–H groups in total. The van der Waals surface area contributed by atoms with Gasteiger partial charge in [-0.1, -0.05) is 19.3 Å². The molecule has 68 valence electrons. The summed E-state index contributed by atoms with van der Waals surface area (Å²) in [4.78, 5) is 0. The SMILES string of the molecule is C#CCCC1CCCCCC1N. The maximum Gasteiger partial charge on any atom is 0.00892 e. The van der Waals surface area contributed by atoms with Gasteiger partial charge in [-0.2, -0.15) is 0 Å². The number of nitrogens with two attached hydrogens (primary N) is 1. The van der Waals surface area contributed by atoms with E-state index >= 15 is 0 Å². The molecule has 12 heavy (non-hydrogen) atoms. The number of hydrogen-bond acceptors (Lipinski definition) is 1. The van der Waals surface area contributed by atoms with Crippen LogP contribution in [0, 0.1) is 18.3 Å². The molecular weight excluding hydrogens is 146 g/mol. The first-order valence-electron chi connectivity index (χ1n) is 5.03. The van der Waals surface area contributed by atoms with Crippen LogP contribution < -0.4 is 5.73 Å². The molecule has 0 saturated heterocycles. The summed E-state index contributed by atoms with van der Waals surface area (Å²) < 4.78 is 0. The van der Waals surface area contributed by atoms with Gasteiger partial charge in [0, 0.05) is 12.5 Å². The third kappa shape index (κ3) is 2.87. The van der Waals surface area contributed by atoms with Crippen LogP contribution in [0.2, 0.25) is 0 Å². The highest BCUT2D eigenvalue weighted by molar-refractivity contribution is 4.86. The Morgan fingerprint density at radius 1 is 1.25 bits per heavy atom. The first-order valence-corrected chi connectivity index (χ1v) is 5.03. The van der Waals surface area contributed by atoms with Gasteiger partial charge in [0.2, 0.25) is 0 Å². The van der Waals surface area contributed by atoms with Crippen LogP contribution >= 0.6 is 0 Å². The van der Waals surface area contributed by atoms with Crippen molar-refractivity contribution in [2.75, 3.05) is 0 Å². The van der Waals surface area contributed by atoms with Crippen molar-refractivity contribution in [3.05, 3.63) is 0 Å². The first kappa shape index (κ1) is 9.61. The second-order valence-electron chi connectivity index (χ2n) is 3.80. The van der Waals surface area contributed by atoms with Crippen molar-refractivity contribution in [3.8, 4) is 12.3 Å². The molecule has 2 atom stereocenters. The average Bonchev–Trinajstić information content (AvgIpc) is 2.27. The van der Waals surface area contributed by atoms with Gasteiger partial charge < -0.3 is 5.73 Å². The lowest BCUT2D eigenvalue weighted by atomic mass is 9.91. The summed E-state index contributed by atoms with van der Waals surface area (Å²) in [5.74, 6) is 3.40. The van der Waals surface area contributed by atoms with Crippen molar-refractivity contribution >= 4 is 0 Å². The highest BCUT2D eigenvalue weighted by Crippen LogP contribution is 2.25. The second-order valence-corrected chi connectivity index (χ2v) is 3.80. The Balaban J connectivity index is 2.32. The van der Waals surface area contributed by atoms with Crippen molar-refractivity contribution in [3.63, 3.8) is 0 Å². The molecule has 0 aromatic rings. The van der Waals surface area contributed by atoms with Gasteiger partial charge in [-0.05, 0) is 25.2 Å². The van der Waals surface area contributed by atoms with E-state index in [2.05, 4.69) is 5.92 Å². The van der Waals surface area contributed by atoms with Crippen molar-refractivity contribution in [1.29, 1.82) is 0 Å². The van der Waals surface area contributed by atoms with Gasteiger partial charge >= 0.3 is 0 Å². The largest absolute Gasteiger partial charge is 0.327 e. The van der Waals surface area contributed by atoms with Gasteiger partial charge in [0.1, 0.15) is 0 Å². The average molecular weight is 165 g/mol. The van der Waals surface area contributed by atoms with E-state index in [4.69, 9.17) is 12.2 Å². The monoisotopic (exact) mass is 165 g/mol. The minimum atomic E-state index is 0.417. The zero-order chi connectivity index (χ0) is 8.81. The molecule has 0 aliphatic heterocycles. The van der Waals surface area contributed by atoms with Gasteiger partial charge in [-0.3, -0.25) is 0 Å². The lowest BCUT2D eigenvalue weighted by Gasteiger charge is -2.19. The van der Waals surface area contributed by atoms with Crippen LogP contribution in [0.4, 0.5) is 0 Å². The quantitative estimate of drug-likeness (QED) is 0.493. The molecule has 0 bridgehead atoms. The minimum absolute atomic E-state index is 0.417. The fourth-order valence-corrected chi connectivity index (χ4v) is 2.04. The summed E-state index contributed by atoms with van der Waals surface area (Å²) in [6, 6.07) is 0.417. The van der Waals surface area contributed by atoms with E-state index in [0.717, 1.165) is 12.8 Å². The van der Waals surface area contributed by atoms with Crippen molar-refractivity contribution in [2.24, 2.45) is 11.7 Å². The van der Waals surface area contributed by atoms with Crippen LogP contribution in [0.5, 0.6) is 0 Å². The topological polar surface area (TPSA) is 26.0 Å². The minimum Gasteiger partial charge on any atom is -0.327 e. The molecule has 1 heteroatoms. The lowest BCUT2D eigenvalue weighted by molar-refractivity contribution is 0.377. The highest BCUT2D eigenvalue weighted by Gasteiger charge is 2.19. The third-order valence-corrected chi connectivity index (χ3v) is 2.88. The molecule has 1 saturated carbocycles. The van der Waals surface area contributed by atoms with Crippen LogP contribution in [0.15, 0.2) is 0 Å². The first-order chi connectivity index (χ1) is 5.84. The molecule has 0 aromatic carbocycles. The van der Waals surface area contributed by atoms with E-state index in [9.17, 15) is 0 Å². The predicted octanol–water partition coefficient (Wildman–Crippen LogP) is 2.31. The van der Waals surface area contributed by atoms with Crippen LogP contribution in [0.3, 0.4) is 0 Å². The van der Waals surface area contributed by atoms with Gasteiger partial charge in [-0.15, -0.1) is 12.3 Å². The smallest absolute Gasteiger partial charge is 0.00892 e. The van der Waals surface area contributed by atoms with Crippen LogP contribution in [-0.4, -0.2) is 6.04 Å². The Morgan fingerprint density at radius 3 is 2.75 bits per heavy atom. The Morgan fingerprint density at radius 2 is 2.00 bits per heavy atom. The third-order valence-electron chi connectivity index (χ3n) is 2.88. The molecule has 0 amide bonds. The van der Waals surface area contributed by atoms with Crippen LogP contribution in [-0.2, 0) is 0 Å². The zero-order valence-corrected chi connectivity index (χ0v) is 7.76. The van der Waals surface area contributed by atoms with Crippen LogP contribution in [0.1, 0.15) is 44.9 Å². The second kappa shape index (κ2) is 5.22. The fourth-order valence-electron chi connectivity index (χ4n) is 2.04. The number of rotatable bonds is 2. The standard InChI is InChI=1S/C11H19N/c1-2-3-7-10-8-5-4-6-9-11(10)12/h1,10-11H,3-9,12H2. The maximum atomic E-state index is 6.05. The Kier molecular flexibility index (Phi) is 4.18. The lowest BCUT2D eigenvalue weighted by Crippen LogP contribution is -2.28. The van der Waals surface area contributed by atoms with Crippen molar-refractivity contribution in [2.45, 2.75) is 51.0 Å². The molecule has 1 nitrogen and oxygen atoms in total. The zero-order valence-electron chi connectivity index (χ0n) is 7.76. The van der Waals surface area contributed by atoms with E-state index in [-0.39, 0.29) is 0 Å². The Labute approximate surface area is 75.7 Å². The normalized spacial score (nSPS) is 30.7. The van der Waals surface area contributed by atoms with E-state index in [1.807, 2.05) is 0 Å². The van der Waals surface area contributed by atoms with E-state index in [0.29, 0.717) is 12.0 Å². The summed E-state index contributed by atoms with van der Waals surface area (Å²) in [5, 5.41) is 0. The summed E-state index contributed by atoms with van der Waals surface area (Å²) in [5.41, 5.74) is 6.05. The highest BCUT2D eigenvalue weighted by atomic mass is 14.6. The molecule has 0 aromatic heterocycles.